The monoisotopic (exact) mass is 239 g/mol. The van der Waals surface area contributed by atoms with Gasteiger partial charge in [0, 0.05) is 12.6 Å². The zero-order valence-electron chi connectivity index (χ0n) is 10.4. The average molecular weight is 239 g/mol. The predicted molar refractivity (Wildman–Crippen MR) is 67.0 cm³/mol. The summed E-state index contributed by atoms with van der Waals surface area (Å²) in [6.07, 6.45) is -0.594. The summed E-state index contributed by atoms with van der Waals surface area (Å²) in [5.41, 5.74) is 6.81. The van der Waals surface area contributed by atoms with Gasteiger partial charge >= 0.3 is 0 Å². The predicted octanol–water partition coefficient (Wildman–Crippen LogP) is 1.48. The lowest BCUT2D eigenvalue weighted by Gasteiger charge is -2.13. The van der Waals surface area contributed by atoms with Gasteiger partial charge in [-0.2, -0.15) is 0 Å². The molecule has 0 aromatic heterocycles. The van der Waals surface area contributed by atoms with E-state index in [0.717, 1.165) is 11.3 Å². The SMILES string of the molecule is CCOCC(O)COc1ccc(C(C)N)cc1. The largest absolute Gasteiger partial charge is 0.491 e. The second-order valence-corrected chi connectivity index (χ2v) is 3.98. The molecule has 4 nitrogen and oxygen atoms in total. The molecule has 1 aromatic carbocycles. The van der Waals surface area contributed by atoms with Crippen molar-refractivity contribution in [3.05, 3.63) is 29.8 Å². The summed E-state index contributed by atoms with van der Waals surface area (Å²) in [6, 6.07) is 7.58. The maximum atomic E-state index is 9.51. The molecule has 1 rings (SSSR count). The van der Waals surface area contributed by atoms with Crippen LogP contribution in [0.3, 0.4) is 0 Å². The molecule has 4 heteroatoms. The summed E-state index contributed by atoms with van der Waals surface area (Å²) in [5, 5.41) is 9.51. The molecule has 1 aromatic rings. The molecule has 0 saturated heterocycles. The van der Waals surface area contributed by atoms with Gasteiger partial charge in [-0.05, 0) is 31.5 Å². The lowest BCUT2D eigenvalue weighted by Crippen LogP contribution is -2.23. The fourth-order valence-electron chi connectivity index (χ4n) is 1.36. The smallest absolute Gasteiger partial charge is 0.119 e. The van der Waals surface area contributed by atoms with Crippen LogP contribution in [0, 0.1) is 0 Å². The van der Waals surface area contributed by atoms with Crippen LogP contribution in [-0.4, -0.2) is 31.0 Å². The molecule has 0 fully saturated rings. The maximum absolute atomic E-state index is 9.51. The second kappa shape index (κ2) is 7.27. The van der Waals surface area contributed by atoms with Gasteiger partial charge in [-0.15, -0.1) is 0 Å². The molecule has 96 valence electrons. The van der Waals surface area contributed by atoms with Crippen LogP contribution in [0.2, 0.25) is 0 Å². The van der Waals surface area contributed by atoms with E-state index in [0.29, 0.717) is 13.2 Å². The van der Waals surface area contributed by atoms with Crippen molar-refractivity contribution in [1.29, 1.82) is 0 Å². The highest BCUT2D eigenvalue weighted by Gasteiger charge is 2.05. The Balaban J connectivity index is 2.36. The summed E-state index contributed by atoms with van der Waals surface area (Å²) in [4.78, 5) is 0. The van der Waals surface area contributed by atoms with E-state index < -0.39 is 6.10 Å². The fraction of sp³-hybridized carbons (Fsp3) is 0.538. The van der Waals surface area contributed by atoms with Crippen LogP contribution in [0.15, 0.2) is 24.3 Å². The van der Waals surface area contributed by atoms with E-state index in [4.69, 9.17) is 15.2 Å². The summed E-state index contributed by atoms with van der Waals surface area (Å²) < 4.78 is 10.5. The highest BCUT2D eigenvalue weighted by Crippen LogP contribution is 2.16. The molecule has 2 atom stereocenters. The van der Waals surface area contributed by atoms with Gasteiger partial charge in [-0.3, -0.25) is 0 Å². The molecule has 2 unspecified atom stereocenters. The third-order valence-corrected chi connectivity index (χ3v) is 2.36. The Bertz CT molecular complexity index is 311. The molecule has 0 spiro atoms. The molecule has 0 heterocycles. The van der Waals surface area contributed by atoms with E-state index in [1.165, 1.54) is 0 Å². The Morgan fingerprint density at radius 3 is 2.41 bits per heavy atom. The Morgan fingerprint density at radius 1 is 1.24 bits per heavy atom. The molecule has 0 bridgehead atoms. The third kappa shape index (κ3) is 5.17. The number of nitrogens with two attached hydrogens (primary N) is 1. The zero-order valence-corrected chi connectivity index (χ0v) is 10.4. The first-order valence-electron chi connectivity index (χ1n) is 5.87. The van der Waals surface area contributed by atoms with Crippen molar-refractivity contribution in [1.82, 2.24) is 0 Å². The Hall–Kier alpha value is -1.10. The Kier molecular flexibility index (Phi) is 5.97. The molecule has 0 aliphatic rings. The topological polar surface area (TPSA) is 64.7 Å². The first kappa shape index (κ1) is 14.0. The van der Waals surface area contributed by atoms with Crippen LogP contribution >= 0.6 is 0 Å². The minimum absolute atomic E-state index is 0.0209. The van der Waals surface area contributed by atoms with Gasteiger partial charge in [-0.25, -0.2) is 0 Å². The van der Waals surface area contributed by atoms with Crippen LogP contribution in [0.1, 0.15) is 25.5 Å². The van der Waals surface area contributed by atoms with E-state index in [9.17, 15) is 5.11 Å². The quantitative estimate of drug-likeness (QED) is 0.756. The summed E-state index contributed by atoms with van der Waals surface area (Å²) >= 11 is 0. The van der Waals surface area contributed by atoms with Crippen molar-refractivity contribution in [2.75, 3.05) is 19.8 Å². The van der Waals surface area contributed by atoms with E-state index in [1.807, 2.05) is 38.1 Å². The van der Waals surface area contributed by atoms with Crippen LogP contribution in [-0.2, 0) is 4.74 Å². The Morgan fingerprint density at radius 2 is 1.88 bits per heavy atom. The van der Waals surface area contributed by atoms with Gasteiger partial charge in [-0.1, -0.05) is 12.1 Å². The van der Waals surface area contributed by atoms with Crippen LogP contribution < -0.4 is 10.5 Å². The second-order valence-electron chi connectivity index (χ2n) is 3.98. The van der Waals surface area contributed by atoms with Crippen molar-refractivity contribution in [2.24, 2.45) is 5.73 Å². The molecular weight excluding hydrogens is 218 g/mol. The molecule has 0 radical (unpaired) electrons. The van der Waals surface area contributed by atoms with Crippen molar-refractivity contribution in [2.45, 2.75) is 26.0 Å². The van der Waals surface area contributed by atoms with Gasteiger partial charge in [0.1, 0.15) is 18.5 Å². The number of ether oxygens (including phenoxy) is 2. The summed E-state index contributed by atoms with van der Waals surface area (Å²) in [5.74, 6) is 0.727. The van der Waals surface area contributed by atoms with Gasteiger partial charge in [0.15, 0.2) is 0 Å². The van der Waals surface area contributed by atoms with Gasteiger partial charge in [0.05, 0.1) is 6.61 Å². The number of hydrogen-bond acceptors (Lipinski definition) is 4. The zero-order chi connectivity index (χ0) is 12.7. The molecule has 3 N–H and O–H groups in total. The summed E-state index contributed by atoms with van der Waals surface area (Å²) in [6.45, 7) is 4.95. The Labute approximate surface area is 102 Å². The number of hydrogen-bond donors (Lipinski definition) is 2. The first-order chi connectivity index (χ1) is 8.13. The van der Waals surface area contributed by atoms with E-state index >= 15 is 0 Å². The van der Waals surface area contributed by atoms with Crippen molar-refractivity contribution in [3.8, 4) is 5.75 Å². The molecular formula is C13H21NO3. The van der Waals surface area contributed by atoms with Gasteiger partial charge < -0.3 is 20.3 Å². The number of aliphatic hydroxyl groups is 1. The molecule has 0 saturated carbocycles. The third-order valence-electron chi connectivity index (χ3n) is 2.36. The van der Waals surface area contributed by atoms with Crippen molar-refractivity contribution in [3.63, 3.8) is 0 Å². The maximum Gasteiger partial charge on any atom is 0.119 e. The van der Waals surface area contributed by atoms with E-state index in [1.54, 1.807) is 0 Å². The normalized spacial score (nSPS) is 14.4. The first-order valence-corrected chi connectivity index (χ1v) is 5.87. The van der Waals surface area contributed by atoms with Crippen molar-refractivity contribution >= 4 is 0 Å². The number of rotatable bonds is 7. The van der Waals surface area contributed by atoms with Gasteiger partial charge in [0.2, 0.25) is 0 Å². The highest BCUT2D eigenvalue weighted by molar-refractivity contribution is 5.28. The van der Waals surface area contributed by atoms with Crippen LogP contribution in [0.25, 0.3) is 0 Å². The lowest BCUT2D eigenvalue weighted by atomic mass is 10.1. The van der Waals surface area contributed by atoms with E-state index in [-0.39, 0.29) is 12.6 Å². The molecule has 0 aliphatic heterocycles. The minimum Gasteiger partial charge on any atom is -0.491 e. The number of aliphatic hydroxyl groups excluding tert-OH is 1. The average Bonchev–Trinajstić information content (AvgIpc) is 2.34. The molecule has 17 heavy (non-hydrogen) atoms. The molecule has 0 aliphatic carbocycles. The summed E-state index contributed by atoms with van der Waals surface area (Å²) in [7, 11) is 0. The van der Waals surface area contributed by atoms with Crippen LogP contribution in [0.5, 0.6) is 5.75 Å². The molecule has 0 amide bonds. The highest BCUT2D eigenvalue weighted by atomic mass is 16.5. The van der Waals surface area contributed by atoms with Gasteiger partial charge in [0.25, 0.3) is 0 Å². The van der Waals surface area contributed by atoms with Crippen LogP contribution in [0.4, 0.5) is 0 Å². The van der Waals surface area contributed by atoms with E-state index in [2.05, 4.69) is 0 Å². The standard InChI is InChI=1S/C13H21NO3/c1-3-16-8-12(15)9-17-13-6-4-11(5-7-13)10(2)14/h4-7,10,12,15H,3,8-9,14H2,1-2H3. The minimum atomic E-state index is -0.594. The number of benzene rings is 1. The fourth-order valence-corrected chi connectivity index (χ4v) is 1.36. The van der Waals surface area contributed by atoms with Crippen molar-refractivity contribution < 1.29 is 14.6 Å². The lowest BCUT2D eigenvalue weighted by molar-refractivity contribution is 0.0164.